The van der Waals surface area contributed by atoms with Gasteiger partial charge in [0.25, 0.3) is 0 Å². The fourth-order valence-corrected chi connectivity index (χ4v) is 2.72. The van der Waals surface area contributed by atoms with E-state index in [1.165, 1.54) is 0 Å². The summed E-state index contributed by atoms with van der Waals surface area (Å²) in [4.78, 5) is 11.7. The Morgan fingerprint density at radius 2 is 1.86 bits per heavy atom. The van der Waals surface area contributed by atoms with Crippen molar-refractivity contribution in [3.63, 3.8) is 0 Å². The van der Waals surface area contributed by atoms with Gasteiger partial charge in [0.15, 0.2) is 0 Å². The lowest BCUT2D eigenvalue weighted by molar-refractivity contribution is 0.104. The molecule has 0 spiro atoms. The van der Waals surface area contributed by atoms with E-state index in [-0.39, 0.29) is 16.9 Å². The Labute approximate surface area is 135 Å². The van der Waals surface area contributed by atoms with Crippen LogP contribution in [0.4, 0.5) is 4.79 Å². The van der Waals surface area contributed by atoms with Crippen LogP contribution in [0.1, 0.15) is 32.4 Å². The molecular formula is C16H26N2O3S. The Bertz CT molecular complexity index is 486. The zero-order valence-corrected chi connectivity index (χ0v) is 14.5. The molecule has 2 atom stereocenters. The van der Waals surface area contributed by atoms with E-state index in [0.29, 0.717) is 18.8 Å². The molecule has 6 heteroatoms. The third-order valence-corrected chi connectivity index (χ3v) is 5.10. The SMILES string of the molecule is COC(CNC(=O)NCCS(=O)C(C)(C)C)c1ccccc1. The maximum absolute atomic E-state index is 11.9. The summed E-state index contributed by atoms with van der Waals surface area (Å²) in [6.07, 6.45) is -0.185. The van der Waals surface area contributed by atoms with E-state index in [1.54, 1.807) is 7.11 Å². The molecule has 1 aromatic rings. The van der Waals surface area contributed by atoms with E-state index < -0.39 is 10.8 Å². The number of hydrogen-bond acceptors (Lipinski definition) is 3. The van der Waals surface area contributed by atoms with Crippen molar-refractivity contribution in [2.45, 2.75) is 31.6 Å². The van der Waals surface area contributed by atoms with E-state index in [4.69, 9.17) is 4.74 Å². The maximum Gasteiger partial charge on any atom is 0.314 e. The Kier molecular flexibility index (Phi) is 7.55. The van der Waals surface area contributed by atoms with Crippen LogP contribution in [0.5, 0.6) is 0 Å². The van der Waals surface area contributed by atoms with E-state index in [2.05, 4.69) is 10.6 Å². The highest BCUT2D eigenvalue weighted by atomic mass is 32.2. The van der Waals surface area contributed by atoms with E-state index in [0.717, 1.165) is 5.56 Å². The van der Waals surface area contributed by atoms with Crippen molar-refractivity contribution < 1.29 is 13.7 Å². The number of ether oxygens (including phenoxy) is 1. The number of amides is 2. The molecule has 5 nitrogen and oxygen atoms in total. The summed E-state index contributed by atoms with van der Waals surface area (Å²) < 4.78 is 17.0. The van der Waals surface area contributed by atoms with Crippen LogP contribution in [0, 0.1) is 0 Å². The highest BCUT2D eigenvalue weighted by Gasteiger charge is 2.19. The molecule has 0 aromatic heterocycles. The molecule has 0 saturated heterocycles. The molecule has 0 aliphatic rings. The first kappa shape index (κ1) is 18.6. The van der Waals surface area contributed by atoms with Gasteiger partial charge in [-0.15, -0.1) is 0 Å². The smallest absolute Gasteiger partial charge is 0.314 e. The molecule has 2 amide bonds. The number of carbonyl (C=O) groups is 1. The molecule has 0 bridgehead atoms. The average Bonchev–Trinajstić information content (AvgIpc) is 2.48. The minimum Gasteiger partial charge on any atom is -0.375 e. The number of benzene rings is 1. The Hall–Kier alpha value is -1.40. The van der Waals surface area contributed by atoms with Crippen molar-refractivity contribution in [1.82, 2.24) is 10.6 Å². The second-order valence-electron chi connectivity index (χ2n) is 5.93. The van der Waals surface area contributed by atoms with Gasteiger partial charge >= 0.3 is 6.03 Å². The van der Waals surface area contributed by atoms with Gasteiger partial charge in [-0.3, -0.25) is 4.21 Å². The first-order valence-corrected chi connectivity index (χ1v) is 8.64. The van der Waals surface area contributed by atoms with Crippen LogP contribution in [0.15, 0.2) is 30.3 Å². The molecule has 0 heterocycles. The van der Waals surface area contributed by atoms with Crippen LogP contribution in [0.3, 0.4) is 0 Å². The van der Waals surface area contributed by atoms with Gasteiger partial charge in [-0.2, -0.15) is 0 Å². The number of methoxy groups -OCH3 is 1. The summed E-state index contributed by atoms with van der Waals surface area (Å²) in [6, 6.07) is 9.45. The molecule has 2 N–H and O–H groups in total. The summed E-state index contributed by atoms with van der Waals surface area (Å²) >= 11 is 0. The molecule has 22 heavy (non-hydrogen) atoms. The number of nitrogens with one attached hydrogen (secondary N) is 2. The summed E-state index contributed by atoms with van der Waals surface area (Å²) in [5.41, 5.74) is 1.01. The van der Waals surface area contributed by atoms with Gasteiger partial charge in [0.2, 0.25) is 0 Å². The quantitative estimate of drug-likeness (QED) is 0.807. The lowest BCUT2D eigenvalue weighted by atomic mass is 10.1. The van der Waals surface area contributed by atoms with Crippen LogP contribution >= 0.6 is 0 Å². The van der Waals surface area contributed by atoms with Crippen molar-refractivity contribution in [1.29, 1.82) is 0 Å². The van der Waals surface area contributed by atoms with Crippen LogP contribution in [0.25, 0.3) is 0 Å². The molecular weight excluding hydrogens is 300 g/mol. The molecule has 124 valence electrons. The van der Waals surface area contributed by atoms with Gasteiger partial charge in [-0.1, -0.05) is 30.3 Å². The molecule has 0 aliphatic carbocycles. The second-order valence-corrected chi connectivity index (χ2v) is 8.26. The molecule has 0 saturated carbocycles. The molecule has 2 unspecified atom stereocenters. The number of rotatable bonds is 7. The normalized spacial score (nSPS) is 14.2. The third kappa shape index (κ3) is 6.58. The highest BCUT2D eigenvalue weighted by molar-refractivity contribution is 7.86. The van der Waals surface area contributed by atoms with E-state index in [9.17, 15) is 9.00 Å². The molecule has 0 fully saturated rings. The topological polar surface area (TPSA) is 67.4 Å². The van der Waals surface area contributed by atoms with Crippen LogP contribution in [-0.4, -0.2) is 40.9 Å². The fourth-order valence-electron chi connectivity index (χ4n) is 1.82. The van der Waals surface area contributed by atoms with Gasteiger partial charge in [-0.05, 0) is 26.3 Å². The largest absolute Gasteiger partial charge is 0.375 e. The highest BCUT2D eigenvalue weighted by Crippen LogP contribution is 2.14. The number of urea groups is 1. The Balaban J connectivity index is 2.32. The lowest BCUT2D eigenvalue weighted by Gasteiger charge is -2.18. The van der Waals surface area contributed by atoms with Crippen molar-refractivity contribution in [3.05, 3.63) is 35.9 Å². The molecule has 0 radical (unpaired) electrons. The summed E-state index contributed by atoms with van der Waals surface area (Å²) in [5.74, 6) is 0.448. The minimum atomic E-state index is -0.965. The zero-order chi connectivity index (χ0) is 16.6. The van der Waals surface area contributed by atoms with Gasteiger partial charge in [0.05, 0.1) is 6.10 Å². The van der Waals surface area contributed by atoms with Crippen LogP contribution < -0.4 is 10.6 Å². The second kappa shape index (κ2) is 8.90. The van der Waals surface area contributed by atoms with Crippen molar-refractivity contribution in [2.24, 2.45) is 0 Å². The van der Waals surface area contributed by atoms with Gasteiger partial charge in [0.1, 0.15) is 0 Å². The van der Waals surface area contributed by atoms with Crippen molar-refractivity contribution >= 4 is 16.8 Å². The van der Waals surface area contributed by atoms with Crippen molar-refractivity contribution in [2.75, 3.05) is 26.0 Å². The molecule has 1 aromatic carbocycles. The first-order valence-electron chi connectivity index (χ1n) is 7.32. The van der Waals surface area contributed by atoms with Crippen molar-refractivity contribution in [3.8, 4) is 0 Å². The zero-order valence-electron chi connectivity index (χ0n) is 13.7. The minimum absolute atomic E-state index is 0.185. The first-order chi connectivity index (χ1) is 10.3. The fraction of sp³-hybridized carbons (Fsp3) is 0.562. The van der Waals surface area contributed by atoms with Crippen LogP contribution in [0.2, 0.25) is 0 Å². The molecule has 1 rings (SSSR count). The Morgan fingerprint density at radius 1 is 1.23 bits per heavy atom. The number of carbonyl (C=O) groups excluding carboxylic acids is 1. The monoisotopic (exact) mass is 326 g/mol. The third-order valence-electron chi connectivity index (χ3n) is 3.16. The molecule has 0 aliphatic heterocycles. The summed E-state index contributed by atoms with van der Waals surface area (Å²) in [7, 11) is 0.650. The average molecular weight is 326 g/mol. The summed E-state index contributed by atoms with van der Waals surface area (Å²) in [6.45, 7) is 6.54. The van der Waals surface area contributed by atoms with Gasteiger partial charge in [-0.25, -0.2) is 4.79 Å². The lowest BCUT2D eigenvalue weighted by Crippen LogP contribution is -2.40. The predicted molar refractivity (Wildman–Crippen MR) is 90.4 cm³/mol. The van der Waals surface area contributed by atoms with E-state index >= 15 is 0 Å². The predicted octanol–water partition coefficient (Wildman–Crippen LogP) is 2.22. The maximum atomic E-state index is 11.9. The standard InChI is InChI=1S/C16H26N2O3S/c1-16(2,3)22(20)11-10-17-15(19)18-12-14(21-4)13-8-6-5-7-9-13/h5-9,14H,10-12H2,1-4H3,(H2,17,18,19). The van der Waals surface area contributed by atoms with Gasteiger partial charge < -0.3 is 15.4 Å². The van der Waals surface area contributed by atoms with Crippen LogP contribution in [-0.2, 0) is 15.5 Å². The van der Waals surface area contributed by atoms with Gasteiger partial charge in [0, 0.05) is 41.5 Å². The number of hydrogen-bond donors (Lipinski definition) is 2. The summed E-state index contributed by atoms with van der Waals surface area (Å²) in [5, 5.41) is 5.49. The Morgan fingerprint density at radius 3 is 2.41 bits per heavy atom. The van der Waals surface area contributed by atoms with E-state index in [1.807, 2.05) is 51.1 Å².